The molecule has 5 atom stereocenters. The molecule has 2 aromatic carbocycles. The molecule has 0 saturated carbocycles. The second kappa shape index (κ2) is 13.7. The van der Waals surface area contributed by atoms with Gasteiger partial charge >= 0.3 is 6.36 Å². The summed E-state index contributed by atoms with van der Waals surface area (Å²) in [6.45, 7) is 0.962. The van der Waals surface area contributed by atoms with E-state index in [-0.39, 0.29) is 43.4 Å². The van der Waals surface area contributed by atoms with Gasteiger partial charge in [-0.15, -0.1) is 13.2 Å². The molecular formula is C33H35F3N4O6. The number of aliphatic hydroxyl groups is 1. The third kappa shape index (κ3) is 7.77. The molecule has 2 fully saturated rings. The Morgan fingerprint density at radius 1 is 1.00 bits per heavy atom. The molecule has 0 aliphatic carbocycles. The number of benzene rings is 2. The summed E-state index contributed by atoms with van der Waals surface area (Å²) in [5.41, 5.74) is 2.79. The molecule has 0 unspecified atom stereocenters. The molecule has 10 nitrogen and oxygen atoms in total. The Bertz CT molecular complexity index is 1520. The molecule has 3 aromatic rings. The van der Waals surface area contributed by atoms with Crippen molar-refractivity contribution in [2.45, 2.75) is 69.0 Å². The fourth-order valence-corrected chi connectivity index (χ4v) is 6.27. The lowest BCUT2D eigenvalue weighted by Gasteiger charge is -2.34. The number of nitrogens with one attached hydrogen (secondary N) is 2. The zero-order valence-electron chi connectivity index (χ0n) is 24.9. The van der Waals surface area contributed by atoms with Crippen LogP contribution in [0.4, 0.5) is 13.2 Å². The van der Waals surface area contributed by atoms with Crippen molar-refractivity contribution in [2.75, 3.05) is 19.7 Å². The maximum atomic E-state index is 13.7. The summed E-state index contributed by atoms with van der Waals surface area (Å²) in [5, 5.41) is 16.6. The zero-order chi connectivity index (χ0) is 32.3. The van der Waals surface area contributed by atoms with Crippen molar-refractivity contribution in [3.8, 4) is 22.6 Å². The average Bonchev–Trinajstić information content (AvgIpc) is 3.43. The number of halogens is 3. The second-order valence-electron chi connectivity index (χ2n) is 11.8. The highest BCUT2D eigenvalue weighted by atomic mass is 19.4. The van der Waals surface area contributed by atoms with E-state index in [0.29, 0.717) is 49.1 Å². The van der Waals surface area contributed by atoms with Crippen LogP contribution in [0.5, 0.6) is 11.5 Å². The Balaban J connectivity index is 1.26. The molecule has 3 N–H and O–H groups in total. The lowest BCUT2D eigenvalue weighted by molar-refractivity contribution is -0.274. The minimum Gasteiger partial charge on any atom is -0.493 e. The van der Waals surface area contributed by atoms with E-state index in [4.69, 9.17) is 9.47 Å². The number of hydrogen-bond acceptors (Lipinski definition) is 8. The minimum absolute atomic E-state index is 0.111. The molecule has 1 aromatic heterocycles. The highest BCUT2D eigenvalue weighted by molar-refractivity contribution is 5.98. The molecule has 244 valence electrons. The highest BCUT2D eigenvalue weighted by Crippen LogP contribution is 2.30. The number of rotatable bonds is 4. The van der Waals surface area contributed by atoms with Crippen molar-refractivity contribution < 1.29 is 42.1 Å². The number of carbonyl (C=O) groups is 2. The normalized spacial score (nSPS) is 26.0. The summed E-state index contributed by atoms with van der Waals surface area (Å²) in [6.07, 6.45) is -0.967. The average molecular weight is 641 g/mol. The molecule has 0 spiro atoms. The van der Waals surface area contributed by atoms with Gasteiger partial charge in [0.05, 0.1) is 30.4 Å². The van der Waals surface area contributed by atoms with Crippen molar-refractivity contribution in [1.29, 1.82) is 0 Å². The van der Waals surface area contributed by atoms with Crippen molar-refractivity contribution >= 4 is 11.8 Å². The summed E-state index contributed by atoms with van der Waals surface area (Å²) in [5.74, 6) is -0.562. The lowest BCUT2D eigenvalue weighted by Crippen LogP contribution is -2.50. The molecule has 4 heterocycles. The van der Waals surface area contributed by atoms with Crippen LogP contribution in [0.15, 0.2) is 67.0 Å². The number of fused-ring (bicyclic) bond motifs is 5. The van der Waals surface area contributed by atoms with Crippen LogP contribution in [0.2, 0.25) is 0 Å². The number of amides is 2. The van der Waals surface area contributed by atoms with Gasteiger partial charge in [0.1, 0.15) is 17.6 Å². The number of nitrogens with zero attached hydrogens (tertiary/aromatic N) is 2. The molecule has 13 heteroatoms. The number of likely N-dealkylation sites (tertiary alicyclic amines) is 1. The van der Waals surface area contributed by atoms with Crippen LogP contribution in [-0.2, 0) is 16.1 Å². The van der Waals surface area contributed by atoms with Gasteiger partial charge in [0, 0.05) is 44.5 Å². The van der Waals surface area contributed by atoms with Crippen LogP contribution in [0.1, 0.15) is 41.6 Å². The van der Waals surface area contributed by atoms with Gasteiger partial charge in [0.15, 0.2) is 0 Å². The highest BCUT2D eigenvalue weighted by Gasteiger charge is 2.39. The van der Waals surface area contributed by atoms with Crippen molar-refractivity contribution in [1.82, 2.24) is 20.5 Å². The van der Waals surface area contributed by atoms with E-state index in [2.05, 4.69) is 20.4 Å². The molecule has 0 radical (unpaired) electrons. The number of pyridine rings is 1. The number of carbonyl (C=O) groups excluding carboxylic acids is 2. The zero-order valence-corrected chi connectivity index (χ0v) is 24.9. The first kappa shape index (κ1) is 31.8. The molecule has 3 aliphatic heterocycles. The number of hydrogen-bond donors (Lipinski definition) is 3. The van der Waals surface area contributed by atoms with Gasteiger partial charge in [0.25, 0.3) is 5.91 Å². The van der Waals surface area contributed by atoms with E-state index in [1.165, 1.54) is 24.3 Å². The number of aliphatic hydroxyl groups excluding tert-OH is 1. The van der Waals surface area contributed by atoms with Gasteiger partial charge < -0.3 is 30.0 Å². The second-order valence-corrected chi connectivity index (χ2v) is 11.8. The fourth-order valence-electron chi connectivity index (χ4n) is 6.27. The van der Waals surface area contributed by atoms with E-state index < -0.39 is 30.7 Å². The summed E-state index contributed by atoms with van der Waals surface area (Å²) < 4.78 is 54.2. The topological polar surface area (TPSA) is 122 Å². The van der Waals surface area contributed by atoms with E-state index in [1.807, 2.05) is 29.2 Å². The smallest absolute Gasteiger partial charge is 0.493 e. The van der Waals surface area contributed by atoms with Crippen LogP contribution < -0.4 is 20.1 Å². The van der Waals surface area contributed by atoms with E-state index in [1.54, 1.807) is 18.5 Å². The van der Waals surface area contributed by atoms with Gasteiger partial charge in [-0.1, -0.05) is 18.2 Å². The Kier molecular flexibility index (Phi) is 9.43. The molecular weight excluding hydrogens is 605 g/mol. The van der Waals surface area contributed by atoms with Crippen LogP contribution in [0.3, 0.4) is 0 Å². The minimum atomic E-state index is -4.80. The summed E-state index contributed by atoms with van der Waals surface area (Å²) in [4.78, 5) is 33.1. The van der Waals surface area contributed by atoms with Crippen LogP contribution in [0.25, 0.3) is 11.1 Å². The first-order valence-electron chi connectivity index (χ1n) is 15.3. The molecule has 2 saturated heterocycles. The Morgan fingerprint density at radius 2 is 1.78 bits per heavy atom. The predicted molar refractivity (Wildman–Crippen MR) is 160 cm³/mol. The van der Waals surface area contributed by atoms with Gasteiger partial charge in [-0.05, 0) is 72.4 Å². The summed E-state index contributed by atoms with van der Waals surface area (Å²) in [6, 6.07) is 13.5. The van der Waals surface area contributed by atoms with Gasteiger partial charge in [-0.3, -0.25) is 19.5 Å². The SMILES string of the molecule is O=C1N[C@H]2C[C@@H](C(=O)NC[C@H]3O[C@H](CCOc4cc(-c5ccncc5)ccc41)CC[C@@H]3O)N(Cc1ccc(OC(F)(F)F)cc1)C2. The van der Waals surface area contributed by atoms with Gasteiger partial charge in [0.2, 0.25) is 5.91 Å². The van der Waals surface area contributed by atoms with E-state index in [0.717, 1.165) is 11.1 Å². The predicted octanol–water partition coefficient (Wildman–Crippen LogP) is 3.83. The third-order valence-corrected chi connectivity index (χ3v) is 8.58. The van der Waals surface area contributed by atoms with Crippen LogP contribution in [0, 0.1) is 0 Å². The lowest BCUT2D eigenvalue weighted by atomic mass is 9.99. The van der Waals surface area contributed by atoms with Crippen LogP contribution >= 0.6 is 0 Å². The van der Waals surface area contributed by atoms with E-state index in [9.17, 15) is 27.9 Å². The molecule has 4 bridgehead atoms. The molecule has 2 amide bonds. The third-order valence-electron chi connectivity index (χ3n) is 8.58. The maximum absolute atomic E-state index is 13.7. The Hall–Kier alpha value is -4.20. The summed E-state index contributed by atoms with van der Waals surface area (Å²) in [7, 11) is 0. The molecule has 46 heavy (non-hydrogen) atoms. The Labute approximate surface area is 263 Å². The van der Waals surface area contributed by atoms with Crippen molar-refractivity contribution in [3.63, 3.8) is 0 Å². The monoisotopic (exact) mass is 640 g/mol. The summed E-state index contributed by atoms with van der Waals surface area (Å²) >= 11 is 0. The first-order valence-corrected chi connectivity index (χ1v) is 15.3. The van der Waals surface area contributed by atoms with E-state index >= 15 is 0 Å². The number of alkyl halides is 3. The molecule has 6 rings (SSSR count). The maximum Gasteiger partial charge on any atom is 0.573 e. The molecule has 3 aliphatic rings. The number of ether oxygens (including phenoxy) is 3. The van der Waals surface area contributed by atoms with Gasteiger partial charge in [-0.25, -0.2) is 0 Å². The van der Waals surface area contributed by atoms with Gasteiger partial charge in [-0.2, -0.15) is 0 Å². The first-order chi connectivity index (χ1) is 22.1. The standard InChI is InChI=1S/C33H35F3N4O6/c34-33(35,36)46-25-4-1-20(2-5-25)18-40-19-23-16-27(40)32(43)38-17-30-28(41)8-6-24(45-30)11-14-44-29-15-22(21-9-12-37-13-10-21)3-7-26(29)31(42)39-23/h1-5,7,9-10,12-13,15,23-24,27-28,30,41H,6,8,11,14,16-19H2,(H,38,43)(H,39,42)/t23-,24-,27-,28-,30+/m0/s1. The fraction of sp³-hybridized carbons (Fsp3) is 0.424. The number of aromatic nitrogens is 1. The van der Waals surface area contributed by atoms with Crippen LogP contribution in [-0.4, -0.2) is 83.3 Å². The largest absolute Gasteiger partial charge is 0.573 e. The quantitative estimate of drug-likeness (QED) is 0.394. The van der Waals surface area contributed by atoms with Crippen molar-refractivity contribution in [3.05, 3.63) is 78.1 Å². The van der Waals surface area contributed by atoms with Crippen molar-refractivity contribution in [2.24, 2.45) is 0 Å². The Morgan fingerprint density at radius 3 is 2.54 bits per heavy atom.